The third kappa shape index (κ3) is 3.44. The summed E-state index contributed by atoms with van der Waals surface area (Å²) >= 11 is 1.43. The summed E-state index contributed by atoms with van der Waals surface area (Å²) < 4.78 is 26.5. The third-order valence-corrected chi connectivity index (χ3v) is 8.28. The molecular formula is C25H19N3O3S2. The molecule has 5 rings (SSSR count). The van der Waals surface area contributed by atoms with Gasteiger partial charge in [0.15, 0.2) is 5.13 Å². The van der Waals surface area contributed by atoms with E-state index in [2.05, 4.69) is 41.7 Å². The minimum atomic E-state index is -3.76. The van der Waals surface area contributed by atoms with Gasteiger partial charge in [0.05, 0.1) is 22.0 Å². The topological polar surface area (TPSA) is 79.4 Å². The molecule has 1 heterocycles. The molecule has 1 N–H and O–H groups in total. The van der Waals surface area contributed by atoms with Gasteiger partial charge in [-0.15, -0.1) is 6.58 Å². The zero-order chi connectivity index (χ0) is 23.2. The molecule has 0 atom stereocenters. The highest BCUT2D eigenvalue weighted by Crippen LogP contribution is 2.50. The lowest BCUT2D eigenvalue weighted by molar-refractivity contribution is 0.102. The summed E-state index contributed by atoms with van der Waals surface area (Å²) in [7, 11) is -3.76. The Bertz CT molecular complexity index is 1480. The van der Waals surface area contributed by atoms with Crippen LogP contribution in [-0.2, 0) is 10.0 Å². The van der Waals surface area contributed by atoms with E-state index in [1.807, 2.05) is 18.2 Å². The van der Waals surface area contributed by atoms with Gasteiger partial charge in [0, 0.05) is 22.9 Å². The van der Waals surface area contributed by atoms with Gasteiger partial charge in [-0.3, -0.25) is 14.4 Å². The number of sulfonamides is 1. The lowest BCUT2D eigenvalue weighted by Gasteiger charge is -2.18. The predicted octanol–water partition coefficient (Wildman–Crippen LogP) is 5.52. The average molecular weight is 474 g/mol. The quantitative estimate of drug-likeness (QED) is 0.316. The highest BCUT2D eigenvalue weighted by atomic mass is 32.2. The summed E-state index contributed by atoms with van der Waals surface area (Å²) in [6, 6.07) is 18.1. The highest BCUT2D eigenvalue weighted by molar-refractivity contribution is 7.89. The normalized spacial score (nSPS) is 11.8. The van der Waals surface area contributed by atoms with E-state index in [0.717, 1.165) is 26.0 Å². The molecule has 4 aromatic rings. The van der Waals surface area contributed by atoms with Crippen molar-refractivity contribution in [2.45, 2.75) is 4.90 Å². The van der Waals surface area contributed by atoms with Crippen molar-refractivity contribution in [2.75, 3.05) is 11.9 Å². The molecule has 1 aliphatic carbocycles. The van der Waals surface area contributed by atoms with Crippen molar-refractivity contribution in [1.29, 1.82) is 0 Å². The van der Waals surface area contributed by atoms with Gasteiger partial charge in [-0.2, -0.15) is 0 Å². The molecule has 3 aromatic carbocycles. The number of carbonyl (C=O) groups excluding carboxylic acids is 1. The number of nitrogens with zero attached hydrogens (tertiary/aromatic N) is 2. The smallest absolute Gasteiger partial charge is 0.264 e. The van der Waals surface area contributed by atoms with Crippen LogP contribution >= 0.6 is 11.3 Å². The molecule has 1 amide bonds. The van der Waals surface area contributed by atoms with Crippen LogP contribution in [0.15, 0.2) is 91.0 Å². The molecule has 164 valence electrons. The molecular weight excluding hydrogens is 454 g/mol. The average Bonchev–Trinajstić information content (AvgIpc) is 3.36. The van der Waals surface area contributed by atoms with Gasteiger partial charge in [0.25, 0.3) is 15.9 Å². The zero-order valence-corrected chi connectivity index (χ0v) is 19.1. The van der Waals surface area contributed by atoms with Crippen LogP contribution in [0.5, 0.6) is 0 Å². The Hall–Kier alpha value is -3.75. The summed E-state index contributed by atoms with van der Waals surface area (Å²) in [6.07, 6.45) is 2.71. The number of aromatic nitrogens is 1. The van der Waals surface area contributed by atoms with Crippen molar-refractivity contribution in [2.24, 2.45) is 0 Å². The Morgan fingerprint density at radius 1 is 1.03 bits per heavy atom. The van der Waals surface area contributed by atoms with Gasteiger partial charge in [-0.05, 0) is 35.0 Å². The number of hydrogen-bond acceptors (Lipinski definition) is 5. The van der Waals surface area contributed by atoms with Crippen LogP contribution < -0.4 is 5.32 Å². The number of carbonyl (C=O) groups is 1. The van der Waals surface area contributed by atoms with E-state index in [1.165, 1.54) is 58.7 Å². The fourth-order valence-corrected chi connectivity index (χ4v) is 6.20. The standard InChI is InChI=1S/C25H19N3O3S2/c1-3-15-28(4-2)33(30,31)18-13-11-17(12-14-18)24(29)27-25-26-22-19-9-5-7-16-8-6-10-20(21(16)19)23(22)32-25/h3-14H,1-2,15H2,(H,26,27,29). The van der Waals surface area contributed by atoms with E-state index in [9.17, 15) is 13.2 Å². The van der Waals surface area contributed by atoms with Crippen LogP contribution in [0.1, 0.15) is 10.4 Å². The minimum Gasteiger partial charge on any atom is -0.298 e. The van der Waals surface area contributed by atoms with Gasteiger partial charge in [-0.1, -0.05) is 60.4 Å². The number of anilines is 1. The molecule has 0 bridgehead atoms. The first kappa shape index (κ1) is 21.1. The van der Waals surface area contributed by atoms with E-state index in [-0.39, 0.29) is 17.3 Å². The number of rotatable bonds is 7. The number of thiazole rings is 1. The predicted molar refractivity (Wildman–Crippen MR) is 133 cm³/mol. The van der Waals surface area contributed by atoms with Gasteiger partial charge in [-0.25, -0.2) is 13.4 Å². The second kappa shape index (κ2) is 7.99. The number of hydrogen-bond donors (Lipinski definition) is 1. The van der Waals surface area contributed by atoms with Gasteiger partial charge in [0.2, 0.25) is 0 Å². The van der Waals surface area contributed by atoms with E-state index in [1.54, 1.807) is 0 Å². The molecule has 0 saturated heterocycles. The maximum atomic E-state index is 12.8. The van der Waals surface area contributed by atoms with E-state index >= 15 is 0 Å². The van der Waals surface area contributed by atoms with Crippen molar-refractivity contribution < 1.29 is 13.2 Å². The minimum absolute atomic E-state index is 0.0683. The van der Waals surface area contributed by atoms with Crippen LogP contribution in [0.4, 0.5) is 5.13 Å². The summed E-state index contributed by atoms with van der Waals surface area (Å²) in [5, 5.41) is 5.69. The molecule has 0 saturated carbocycles. The molecule has 33 heavy (non-hydrogen) atoms. The first-order valence-corrected chi connectivity index (χ1v) is 12.4. The fraction of sp³-hybridized carbons (Fsp3) is 0.0400. The molecule has 0 radical (unpaired) electrons. The molecule has 6 nitrogen and oxygen atoms in total. The van der Waals surface area contributed by atoms with Gasteiger partial charge in [0.1, 0.15) is 0 Å². The third-order valence-electron chi connectivity index (χ3n) is 5.49. The lowest BCUT2D eigenvalue weighted by Crippen LogP contribution is -2.25. The Balaban J connectivity index is 1.38. The second-order valence-electron chi connectivity index (χ2n) is 7.43. The largest absolute Gasteiger partial charge is 0.298 e. The molecule has 1 aliphatic rings. The van der Waals surface area contributed by atoms with Crippen LogP contribution in [-0.4, -0.2) is 30.2 Å². The Kier molecular flexibility index (Phi) is 5.11. The summed E-state index contributed by atoms with van der Waals surface area (Å²) in [4.78, 5) is 18.6. The maximum absolute atomic E-state index is 12.8. The Morgan fingerprint density at radius 3 is 2.39 bits per heavy atom. The zero-order valence-electron chi connectivity index (χ0n) is 17.5. The summed E-state index contributed by atoms with van der Waals surface area (Å²) in [6.45, 7) is 7.21. The molecule has 0 unspecified atom stereocenters. The lowest BCUT2D eigenvalue weighted by atomic mass is 10.0. The summed E-state index contributed by atoms with van der Waals surface area (Å²) in [5.74, 6) is -0.357. The van der Waals surface area contributed by atoms with Crippen molar-refractivity contribution in [1.82, 2.24) is 9.29 Å². The van der Waals surface area contributed by atoms with Gasteiger partial charge >= 0.3 is 0 Å². The first-order chi connectivity index (χ1) is 15.9. The molecule has 8 heteroatoms. The molecule has 0 fully saturated rings. The highest BCUT2D eigenvalue weighted by Gasteiger charge is 2.26. The Labute approximate surface area is 195 Å². The molecule has 1 aromatic heterocycles. The first-order valence-electron chi connectivity index (χ1n) is 10.1. The van der Waals surface area contributed by atoms with Crippen LogP contribution in [0.25, 0.3) is 32.5 Å². The van der Waals surface area contributed by atoms with Crippen molar-refractivity contribution >= 4 is 43.2 Å². The van der Waals surface area contributed by atoms with Crippen molar-refractivity contribution in [3.63, 3.8) is 0 Å². The van der Waals surface area contributed by atoms with Gasteiger partial charge < -0.3 is 0 Å². The maximum Gasteiger partial charge on any atom is 0.264 e. The number of fused-ring (bicyclic) bond motifs is 3. The fourth-order valence-electron chi connectivity index (χ4n) is 3.95. The van der Waals surface area contributed by atoms with E-state index in [4.69, 9.17) is 0 Å². The SMILES string of the molecule is C=CCN(C=C)S(=O)(=O)c1ccc(C(=O)Nc2nc3c(s2)-c2cccc4cccc-3c24)cc1. The number of nitrogens with one attached hydrogen (secondary N) is 1. The second-order valence-corrected chi connectivity index (χ2v) is 10.3. The number of benzene rings is 3. The number of amides is 1. The molecule has 0 spiro atoms. The van der Waals surface area contributed by atoms with Crippen LogP contribution in [0, 0.1) is 0 Å². The molecule has 0 aliphatic heterocycles. The van der Waals surface area contributed by atoms with Crippen molar-refractivity contribution in [3.05, 3.63) is 91.7 Å². The van der Waals surface area contributed by atoms with E-state index < -0.39 is 10.0 Å². The monoisotopic (exact) mass is 473 g/mol. The van der Waals surface area contributed by atoms with Crippen LogP contribution in [0.3, 0.4) is 0 Å². The summed E-state index contributed by atoms with van der Waals surface area (Å²) in [5.41, 5.74) is 3.39. The Morgan fingerprint density at radius 2 is 1.73 bits per heavy atom. The van der Waals surface area contributed by atoms with Crippen molar-refractivity contribution in [3.8, 4) is 21.7 Å². The van der Waals surface area contributed by atoms with Crippen LogP contribution in [0.2, 0.25) is 0 Å². The van der Waals surface area contributed by atoms with E-state index in [0.29, 0.717) is 10.7 Å².